The maximum atomic E-state index is 5.70. The van der Waals surface area contributed by atoms with Crippen LogP contribution in [0.25, 0.3) is 21.5 Å². The number of nitrogens with one attached hydrogen (secondary N) is 1. The Morgan fingerprint density at radius 3 is 1.93 bits per heavy atom. The smallest absolute Gasteiger partial charge is 0.0217 e. The minimum atomic E-state index is 0.764. The Morgan fingerprint density at radius 2 is 1.28 bits per heavy atom. The van der Waals surface area contributed by atoms with Gasteiger partial charge in [-0.25, -0.2) is 0 Å². The Hall–Kier alpha value is -1.98. The lowest BCUT2D eigenvalue weighted by molar-refractivity contribution is 0.262. The number of hydrogen-bond acceptors (Lipinski definition) is 4. The molecule has 3 aromatic carbocycles. The summed E-state index contributed by atoms with van der Waals surface area (Å²) >= 11 is 0. The summed E-state index contributed by atoms with van der Waals surface area (Å²) in [6.07, 6.45) is 4.50. The maximum Gasteiger partial charge on any atom is 0.0217 e. The fourth-order valence-electron chi connectivity index (χ4n) is 4.07. The minimum absolute atomic E-state index is 0.764. The molecule has 3 rings (SSSR count). The highest BCUT2D eigenvalue weighted by atomic mass is 15.1. The predicted octanol–water partition coefficient (Wildman–Crippen LogP) is 3.86. The average molecular weight is 393 g/mol. The summed E-state index contributed by atoms with van der Waals surface area (Å²) in [7, 11) is 0. The lowest BCUT2D eigenvalue weighted by Crippen LogP contribution is -2.30. The topological polar surface area (TPSA) is 67.3 Å². The molecule has 0 saturated carbocycles. The van der Waals surface area contributed by atoms with Crippen LogP contribution < -0.4 is 16.8 Å². The van der Waals surface area contributed by atoms with Gasteiger partial charge in [0, 0.05) is 6.54 Å². The van der Waals surface area contributed by atoms with Crippen LogP contribution in [-0.4, -0.2) is 44.2 Å². The highest BCUT2D eigenvalue weighted by Gasteiger charge is 2.08. The van der Waals surface area contributed by atoms with Gasteiger partial charge in [0.05, 0.1) is 0 Å². The third-order valence-corrected chi connectivity index (χ3v) is 5.62. The van der Waals surface area contributed by atoms with Crippen LogP contribution >= 0.6 is 0 Å². The second kappa shape index (κ2) is 11.9. The van der Waals surface area contributed by atoms with E-state index in [-0.39, 0.29) is 0 Å². The molecule has 0 bridgehead atoms. The molecule has 5 N–H and O–H groups in total. The molecule has 0 spiro atoms. The zero-order chi connectivity index (χ0) is 20.3. The van der Waals surface area contributed by atoms with Crippen molar-refractivity contribution in [1.82, 2.24) is 10.2 Å². The van der Waals surface area contributed by atoms with Crippen molar-refractivity contribution >= 4 is 21.5 Å². The SMILES string of the molecule is NCCCCN(CCCN)CCCNCc1c2ccccc2cc2ccccc12. The normalized spacial score (nSPS) is 11.7. The first-order valence-electron chi connectivity index (χ1n) is 11.1. The van der Waals surface area contributed by atoms with E-state index in [0.29, 0.717) is 0 Å². The average Bonchev–Trinajstić information content (AvgIpc) is 2.76. The number of hydrogen-bond donors (Lipinski definition) is 3. The van der Waals surface area contributed by atoms with Crippen LogP contribution in [0.4, 0.5) is 0 Å². The summed E-state index contributed by atoms with van der Waals surface area (Å²) in [5.74, 6) is 0. The monoisotopic (exact) mass is 392 g/mol. The summed E-state index contributed by atoms with van der Waals surface area (Å²) < 4.78 is 0. The quantitative estimate of drug-likeness (QED) is 0.305. The van der Waals surface area contributed by atoms with Crippen molar-refractivity contribution in [3.05, 3.63) is 60.2 Å². The highest BCUT2D eigenvalue weighted by molar-refractivity contribution is 6.02. The molecule has 0 atom stereocenters. The van der Waals surface area contributed by atoms with Crippen LogP contribution in [0.2, 0.25) is 0 Å². The Balaban J connectivity index is 1.57. The molecule has 0 radical (unpaired) electrons. The van der Waals surface area contributed by atoms with E-state index in [1.165, 1.54) is 33.5 Å². The second-order valence-electron chi connectivity index (χ2n) is 7.81. The summed E-state index contributed by atoms with van der Waals surface area (Å²) in [5, 5.41) is 9.03. The molecular formula is C25H36N4. The van der Waals surface area contributed by atoms with Gasteiger partial charge in [-0.15, -0.1) is 0 Å². The first-order chi connectivity index (χ1) is 14.3. The fraction of sp³-hybridized carbons (Fsp3) is 0.440. The van der Waals surface area contributed by atoms with Gasteiger partial charge in [-0.2, -0.15) is 0 Å². The highest BCUT2D eigenvalue weighted by Crippen LogP contribution is 2.28. The Morgan fingerprint density at radius 1 is 0.690 bits per heavy atom. The molecule has 0 unspecified atom stereocenters. The number of unbranched alkanes of at least 4 members (excludes halogenated alkanes) is 1. The molecule has 0 aliphatic rings. The molecule has 0 amide bonds. The van der Waals surface area contributed by atoms with Gasteiger partial charge in [0.15, 0.2) is 0 Å². The van der Waals surface area contributed by atoms with Crippen LogP contribution in [0.5, 0.6) is 0 Å². The molecule has 29 heavy (non-hydrogen) atoms. The van der Waals surface area contributed by atoms with Crippen molar-refractivity contribution in [3.8, 4) is 0 Å². The van der Waals surface area contributed by atoms with E-state index in [9.17, 15) is 0 Å². The zero-order valence-electron chi connectivity index (χ0n) is 17.6. The van der Waals surface area contributed by atoms with Crippen LogP contribution in [0.15, 0.2) is 54.6 Å². The fourth-order valence-corrected chi connectivity index (χ4v) is 4.07. The lowest BCUT2D eigenvalue weighted by atomic mass is 9.97. The van der Waals surface area contributed by atoms with Gasteiger partial charge in [0.25, 0.3) is 0 Å². The molecule has 0 aliphatic heterocycles. The molecule has 156 valence electrons. The van der Waals surface area contributed by atoms with E-state index in [1.807, 2.05) is 0 Å². The molecule has 0 fully saturated rings. The van der Waals surface area contributed by atoms with Crippen molar-refractivity contribution in [2.24, 2.45) is 11.5 Å². The standard InChI is InChI=1S/C25H36N4/c26-13-5-6-16-29(17-7-14-27)18-8-15-28-20-25-23-11-3-1-9-21(23)19-22-10-2-4-12-24(22)25/h1-4,9-12,19,28H,5-8,13-18,20,26-27H2. The van der Waals surface area contributed by atoms with Gasteiger partial charge in [-0.05, 0) is 98.1 Å². The summed E-state index contributed by atoms with van der Waals surface area (Å²) in [6, 6.07) is 19.7. The van der Waals surface area contributed by atoms with Gasteiger partial charge in [0.1, 0.15) is 0 Å². The number of nitrogens with zero attached hydrogens (tertiary/aromatic N) is 1. The first kappa shape index (κ1) is 21.7. The number of fused-ring (bicyclic) bond motifs is 2. The molecule has 0 heterocycles. The molecule has 4 heteroatoms. The van der Waals surface area contributed by atoms with E-state index in [4.69, 9.17) is 11.5 Å². The van der Waals surface area contributed by atoms with E-state index in [0.717, 1.165) is 65.1 Å². The molecule has 0 aromatic heterocycles. The second-order valence-corrected chi connectivity index (χ2v) is 7.81. The van der Waals surface area contributed by atoms with Crippen molar-refractivity contribution < 1.29 is 0 Å². The van der Waals surface area contributed by atoms with Crippen molar-refractivity contribution in [1.29, 1.82) is 0 Å². The van der Waals surface area contributed by atoms with E-state index in [1.54, 1.807) is 0 Å². The van der Waals surface area contributed by atoms with Gasteiger partial charge < -0.3 is 21.7 Å². The van der Waals surface area contributed by atoms with Crippen molar-refractivity contribution in [2.45, 2.75) is 32.2 Å². The van der Waals surface area contributed by atoms with Crippen LogP contribution in [0.1, 0.15) is 31.2 Å². The Bertz CT molecular complexity index is 823. The summed E-state index contributed by atoms with van der Waals surface area (Å²) in [6.45, 7) is 6.81. The predicted molar refractivity (Wildman–Crippen MR) is 126 cm³/mol. The third-order valence-electron chi connectivity index (χ3n) is 5.62. The van der Waals surface area contributed by atoms with E-state index < -0.39 is 0 Å². The maximum absolute atomic E-state index is 5.70. The lowest BCUT2D eigenvalue weighted by Gasteiger charge is -2.22. The van der Waals surface area contributed by atoms with Gasteiger partial charge in [0.2, 0.25) is 0 Å². The Labute approximate surface area is 175 Å². The van der Waals surface area contributed by atoms with Crippen molar-refractivity contribution in [3.63, 3.8) is 0 Å². The van der Waals surface area contributed by atoms with Gasteiger partial charge >= 0.3 is 0 Å². The number of nitrogens with two attached hydrogens (primary N) is 2. The molecule has 4 nitrogen and oxygen atoms in total. The molecular weight excluding hydrogens is 356 g/mol. The molecule has 0 aliphatic carbocycles. The van der Waals surface area contributed by atoms with E-state index in [2.05, 4.69) is 64.8 Å². The Kier molecular flexibility index (Phi) is 8.90. The number of rotatable bonds is 13. The van der Waals surface area contributed by atoms with Crippen LogP contribution in [0.3, 0.4) is 0 Å². The van der Waals surface area contributed by atoms with Gasteiger partial charge in [-0.3, -0.25) is 0 Å². The summed E-state index contributed by atoms with van der Waals surface area (Å²) in [5.41, 5.74) is 12.7. The molecule has 3 aromatic rings. The first-order valence-corrected chi connectivity index (χ1v) is 11.1. The minimum Gasteiger partial charge on any atom is -0.330 e. The summed E-state index contributed by atoms with van der Waals surface area (Å²) in [4.78, 5) is 2.54. The van der Waals surface area contributed by atoms with Crippen LogP contribution in [0, 0.1) is 0 Å². The zero-order valence-corrected chi connectivity index (χ0v) is 17.6. The van der Waals surface area contributed by atoms with E-state index >= 15 is 0 Å². The van der Waals surface area contributed by atoms with Crippen molar-refractivity contribution in [2.75, 3.05) is 39.3 Å². The van der Waals surface area contributed by atoms with Crippen LogP contribution in [-0.2, 0) is 6.54 Å². The van der Waals surface area contributed by atoms with Gasteiger partial charge in [-0.1, -0.05) is 48.5 Å². The third kappa shape index (κ3) is 6.25. The number of benzene rings is 3. The molecule has 0 saturated heterocycles. The largest absolute Gasteiger partial charge is 0.330 e.